The zero-order valence-electron chi connectivity index (χ0n) is 22.5. The highest BCUT2D eigenvalue weighted by atomic mass is 16.2. The van der Waals surface area contributed by atoms with Crippen LogP contribution in [-0.4, -0.2) is 63.3 Å². The van der Waals surface area contributed by atoms with Gasteiger partial charge in [-0.15, -0.1) is 0 Å². The number of allylic oxidation sites excluding steroid dienone is 2. The second kappa shape index (κ2) is 10.6. The van der Waals surface area contributed by atoms with Crippen molar-refractivity contribution in [2.45, 2.75) is 44.7 Å². The number of para-hydroxylation sites is 2. The van der Waals surface area contributed by atoms with Crippen molar-refractivity contribution in [3.8, 4) is 0 Å². The van der Waals surface area contributed by atoms with Gasteiger partial charge in [0.05, 0.1) is 40.1 Å². The molecule has 2 aromatic carbocycles. The Morgan fingerprint density at radius 3 is 2.61 bits per heavy atom. The lowest BCUT2D eigenvalue weighted by Gasteiger charge is -2.33. The van der Waals surface area contributed by atoms with Gasteiger partial charge < -0.3 is 11.1 Å². The number of aliphatic imine (C=N–C) groups is 1. The molecule has 1 atom stereocenters. The van der Waals surface area contributed by atoms with E-state index in [9.17, 15) is 19.2 Å². The fourth-order valence-electron chi connectivity index (χ4n) is 5.47. The molecule has 41 heavy (non-hydrogen) atoms. The number of piperidine rings is 1. The molecule has 1 unspecified atom stereocenters. The third kappa shape index (κ3) is 5.06. The van der Waals surface area contributed by atoms with E-state index < -0.39 is 29.7 Å². The molecule has 6 rings (SSSR count). The van der Waals surface area contributed by atoms with Crippen molar-refractivity contribution in [2.75, 3.05) is 11.9 Å². The molecule has 11 nitrogen and oxygen atoms in total. The number of hydrogen-bond acceptors (Lipinski definition) is 9. The molecule has 1 aromatic heterocycles. The smallest absolute Gasteiger partial charge is 0.262 e. The van der Waals surface area contributed by atoms with E-state index in [0.717, 1.165) is 40.0 Å². The van der Waals surface area contributed by atoms with Crippen molar-refractivity contribution >= 4 is 52.1 Å². The van der Waals surface area contributed by atoms with Gasteiger partial charge in [-0.25, -0.2) is 4.98 Å². The lowest BCUT2D eigenvalue weighted by molar-refractivity contribution is -0.136. The number of hydrogen-bond donors (Lipinski definition) is 3. The monoisotopic (exact) mass is 551 g/mol. The van der Waals surface area contributed by atoms with Crippen LogP contribution in [0.3, 0.4) is 0 Å². The number of aromatic nitrogens is 2. The Bertz CT molecular complexity index is 1650. The minimum absolute atomic E-state index is 0.0873. The maximum atomic E-state index is 13.1. The summed E-state index contributed by atoms with van der Waals surface area (Å²) in [5.41, 5.74) is 11.1. The van der Waals surface area contributed by atoms with E-state index in [1.807, 2.05) is 31.2 Å². The molecule has 3 heterocycles. The van der Waals surface area contributed by atoms with Crippen molar-refractivity contribution in [3.05, 3.63) is 71.2 Å². The van der Waals surface area contributed by atoms with Crippen LogP contribution in [0.25, 0.3) is 16.6 Å². The number of fused-ring (bicyclic) bond motifs is 2. The summed E-state index contributed by atoms with van der Waals surface area (Å²) in [4.78, 5) is 64.6. The number of amides is 4. The number of imide groups is 2. The van der Waals surface area contributed by atoms with Gasteiger partial charge in [-0.1, -0.05) is 12.1 Å². The van der Waals surface area contributed by atoms with Crippen LogP contribution < -0.4 is 16.4 Å². The summed E-state index contributed by atoms with van der Waals surface area (Å²) in [6.45, 7) is 2.52. The molecule has 0 spiro atoms. The van der Waals surface area contributed by atoms with Gasteiger partial charge in [-0.2, -0.15) is 0 Å². The van der Waals surface area contributed by atoms with Crippen molar-refractivity contribution in [1.82, 2.24) is 20.2 Å². The van der Waals surface area contributed by atoms with Gasteiger partial charge >= 0.3 is 0 Å². The third-order valence-electron chi connectivity index (χ3n) is 7.81. The van der Waals surface area contributed by atoms with Crippen LogP contribution in [0, 0.1) is 5.92 Å². The minimum Gasteiger partial charge on any atom is -0.402 e. The number of nitrogens with one attached hydrogen (secondary N) is 2. The maximum Gasteiger partial charge on any atom is 0.262 e. The van der Waals surface area contributed by atoms with Crippen LogP contribution in [0.1, 0.15) is 59.0 Å². The summed E-state index contributed by atoms with van der Waals surface area (Å²) >= 11 is 0. The molecule has 4 amide bonds. The Kier molecular flexibility index (Phi) is 6.78. The Labute approximate surface area is 235 Å². The molecule has 2 aliphatic heterocycles. The second-order valence-corrected chi connectivity index (χ2v) is 10.7. The quantitative estimate of drug-likeness (QED) is 0.298. The molecule has 208 valence electrons. The molecule has 1 saturated heterocycles. The summed E-state index contributed by atoms with van der Waals surface area (Å²) in [7, 11) is 0. The van der Waals surface area contributed by atoms with Crippen LogP contribution in [0.15, 0.2) is 59.4 Å². The van der Waals surface area contributed by atoms with Gasteiger partial charge in [0.2, 0.25) is 11.8 Å². The van der Waals surface area contributed by atoms with Crippen LogP contribution in [0.5, 0.6) is 0 Å². The highest BCUT2D eigenvalue weighted by molar-refractivity contribution is 6.23. The predicted molar refractivity (Wildman–Crippen MR) is 153 cm³/mol. The number of nitrogens with two attached hydrogens (primary N) is 1. The topological polar surface area (TPSA) is 160 Å². The zero-order valence-corrected chi connectivity index (χ0v) is 22.5. The average Bonchev–Trinajstić information content (AvgIpc) is 3.18. The SMILES string of the molecule is CC(N)=C(C=NC1CC(CNc2ccc3c(c2)C(=O)N(C2CCC(=O)NC2=O)C3=O)C1)c1cnc2ccccc2n1. The Morgan fingerprint density at radius 2 is 1.85 bits per heavy atom. The molecule has 1 aliphatic carbocycles. The van der Waals surface area contributed by atoms with Crippen LogP contribution in [0.4, 0.5) is 5.69 Å². The summed E-state index contributed by atoms with van der Waals surface area (Å²) < 4.78 is 0. The molecule has 4 N–H and O–H groups in total. The van der Waals surface area contributed by atoms with E-state index in [1.54, 1.807) is 30.6 Å². The molecule has 3 aliphatic rings. The van der Waals surface area contributed by atoms with Crippen molar-refractivity contribution in [1.29, 1.82) is 0 Å². The Hall–Kier alpha value is -4.93. The van der Waals surface area contributed by atoms with E-state index in [-0.39, 0.29) is 30.0 Å². The Morgan fingerprint density at radius 1 is 1.10 bits per heavy atom. The number of nitrogens with zero attached hydrogens (tertiary/aromatic N) is 4. The van der Waals surface area contributed by atoms with Gasteiger partial charge in [0.1, 0.15) is 6.04 Å². The predicted octanol–water partition coefficient (Wildman–Crippen LogP) is 2.68. The first-order valence-electron chi connectivity index (χ1n) is 13.6. The molecule has 11 heteroatoms. The molecular formula is C30H29N7O4. The normalized spacial score (nSPS) is 23.0. The summed E-state index contributed by atoms with van der Waals surface area (Å²) in [5, 5.41) is 5.57. The molecule has 1 saturated carbocycles. The van der Waals surface area contributed by atoms with Gasteiger partial charge in [0.25, 0.3) is 11.8 Å². The highest BCUT2D eigenvalue weighted by Crippen LogP contribution is 2.33. The summed E-state index contributed by atoms with van der Waals surface area (Å²) in [5.74, 6) is -1.65. The van der Waals surface area contributed by atoms with Crippen molar-refractivity contribution < 1.29 is 19.2 Å². The molecule has 0 bridgehead atoms. The standard InChI is InChI=1S/C30H29N7O4/c1-16(31)22(25-15-34-23-4-2-3-5-24(23)35-25)14-33-19-10-17(11-19)13-32-18-6-7-20-21(12-18)30(41)37(29(20)40)26-8-9-27(38)36-28(26)39/h2-7,12,14-15,17,19,26,32H,8-11,13,31H2,1H3,(H,36,38,39). The first kappa shape index (κ1) is 26.3. The van der Waals surface area contributed by atoms with Crippen LogP contribution in [0.2, 0.25) is 0 Å². The number of carbonyl (C=O) groups excluding carboxylic acids is 4. The largest absolute Gasteiger partial charge is 0.402 e. The fourth-order valence-corrected chi connectivity index (χ4v) is 5.47. The molecule has 0 radical (unpaired) electrons. The number of benzene rings is 2. The van der Waals surface area contributed by atoms with Gasteiger partial charge in [-0.05, 0) is 62.4 Å². The first-order valence-corrected chi connectivity index (χ1v) is 13.6. The van der Waals surface area contributed by atoms with E-state index in [4.69, 9.17) is 10.7 Å². The van der Waals surface area contributed by atoms with E-state index in [0.29, 0.717) is 23.9 Å². The maximum absolute atomic E-state index is 13.1. The van der Waals surface area contributed by atoms with Gasteiger partial charge in [-0.3, -0.25) is 39.4 Å². The van der Waals surface area contributed by atoms with Crippen molar-refractivity contribution in [3.63, 3.8) is 0 Å². The average molecular weight is 552 g/mol. The van der Waals surface area contributed by atoms with E-state index in [2.05, 4.69) is 20.6 Å². The minimum atomic E-state index is -0.976. The zero-order chi connectivity index (χ0) is 28.7. The first-order chi connectivity index (χ1) is 19.8. The highest BCUT2D eigenvalue weighted by Gasteiger charge is 2.44. The Balaban J connectivity index is 1.04. The van der Waals surface area contributed by atoms with Crippen LogP contribution >= 0.6 is 0 Å². The lowest BCUT2D eigenvalue weighted by atomic mass is 9.80. The van der Waals surface area contributed by atoms with E-state index in [1.165, 1.54) is 0 Å². The number of rotatable bonds is 7. The van der Waals surface area contributed by atoms with Gasteiger partial charge in [0.15, 0.2) is 0 Å². The van der Waals surface area contributed by atoms with Gasteiger partial charge in [0, 0.05) is 36.1 Å². The van der Waals surface area contributed by atoms with E-state index >= 15 is 0 Å². The van der Waals surface area contributed by atoms with Crippen molar-refractivity contribution in [2.24, 2.45) is 16.6 Å². The number of carbonyl (C=O) groups is 4. The second-order valence-electron chi connectivity index (χ2n) is 10.7. The molecule has 2 fully saturated rings. The summed E-state index contributed by atoms with van der Waals surface area (Å²) in [6.07, 6.45) is 5.52. The third-order valence-corrected chi connectivity index (χ3v) is 7.81. The number of anilines is 1. The fraction of sp³-hybridized carbons (Fsp3) is 0.300. The molecule has 3 aromatic rings. The molecular weight excluding hydrogens is 522 g/mol. The summed E-state index contributed by atoms with van der Waals surface area (Å²) in [6, 6.07) is 11.9. The lowest BCUT2D eigenvalue weighted by Crippen LogP contribution is -2.54. The van der Waals surface area contributed by atoms with Crippen LogP contribution in [-0.2, 0) is 9.59 Å².